The van der Waals surface area contributed by atoms with Crippen molar-refractivity contribution in [2.24, 2.45) is 0 Å². The zero-order valence-electron chi connectivity index (χ0n) is 9.48. The summed E-state index contributed by atoms with van der Waals surface area (Å²) >= 11 is 1.57. The molecule has 0 aliphatic carbocycles. The fourth-order valence-electron chi connectivity index (χ4n) is 1.96. The van der Waals surface area contributed by atoms with Crippen molar-refractivity contribution in [3.63, 3.8) is 0 Å². The first-order valence-electron chi connectivity index (χ1n) is 5.72. The predicted molar refractivity (Wildman–Crippen MR) is 64.1 cm³/mol. The summed E-state index contributed by atoms with van der Waals surface area (Å²) in [6.07, 6.45) is 3.56. The van der Waals surface area contributed by atoms with Crippen molar-refractivity contribution in [3.05, 3.63) is 16.6 Å². The molecule has 1 saturated heterocycles. The standard InChI is InChI=1S/C11H17N3OS/c1-2-3-4-5-14-6-10(15)13-11(14)9-7-16-8-12-9/h7-8,11H,2-6H2,1H3,(H,13,15)/t11-/m0/s1. The zero-order valence-corrected chi connectivity index (χ0v) is 10.3. The van der Waals surface area contributed by atoms with E-state index in [4.69, 9.17) is 0 Å². The molecule has 2 heterocycles. The summed E-state index contributed by atoms with van der Waals surface area (Å²) in [5.41, 5.74) is 2.77. The minimum atomic E-state index is -0.00407. The smallest absolute Gasteiger partial charge is 0.235 e. The first kappa shape index (κ1) is 11.5. The summed E-state index contributed by atoms with van der Waals surface area (Å²) in [6, 6.07) is 0. The van der Waals surface area contributed by atoms with Gasteiger partial charge >= 0.3 is 0 Å². The molecule has 1 aliphatic rings. The number of carbonyl (C=O) groups excluding carboxylic acids is 1. The summed E-state index contributed by atoms with van der Waals surface area (Å²) in [4.78, 5) is 17.9. The van der Waals surface area contributed by atoms with E-state index in [0.717, 1.165) is 18.7 Å². The average molecular weight is 239 g/mol. The Labute approximate surface area is 99.7 Å². The van der Waals surface area contributed by atoms with E-state index < -0.39 is 0 Å². The molecule has 2 rings (SSSR count). The maximum Gasteiger partial charge on any atom is 0.235 e. The SMILES string of the molecule is CCCCCN1CC(=O)N[C@@H]1c1cscn1. The second-order valence-corrected chi connectivity index (χ2v) is 4.78. The van der Waals surface area contributed by atoms with Crippen molar-refractivity contribution in [1.82, 2.24) is 15.2 Å². The molecule has 5 heteroatoms. The Bertz CT molecular complexity index is 339. The third kappa shape index (κ3) is 2.59. The van der Waals surface area contributed by atoms with E-state index in [2.05, 4.69) is 22.1 Å². The summed E-state index contributed by atoms with van der Waals surface area (Å²) in [6.45, 7) is 3.66. The van der Waals surface area contributed by atoms with E-state index in [1.807, 2.05) is 10.9 Å². The van der Waals surface area contributed by atoms with Crippen LogP contribution in [0.3, 0.4) is 0 Å². The van der Waals surface area contributed by atoms with Crippen LogP contribution in [0.15, 0.2) is 10.9 Å². The molecule has 1 aliphatic heterocycles. The van der Waals surface area contributed by atoms with Crippen LogP contribution in [-0.2, 0) is 4.79 Å². The fourth-order valence-corrected chi connectivity index (χ4v) is 2.53. The minimum Gasteiger partial charge on any atom is -0.334 e. The Morgan fingerprint density at radius 1 is 1.62 bits per heavy atom. The van der Waals surface area contributed by atoms with Crippen LogP contribution in [0.25, 0.3) is 0 Å². The number of carbonyl (C=O) groups is 1. The summed E-state index contributed by atoms with van der Waals surface area (Å²) in [7, 11) is 0. The molecule has 0 bridgehead atoms. The predicted octanol–water partition coefficient (Wildman–Crippen LogP) is 1.76. The molecule has 1 atom stereocenters. The first-order chi connectivity index (χ1) is 7.81. The summed E-state index contributed by atoms with van der Waals surface area (Å²) in [5.74, 6) is 0.106. The second kappa shape index (κ2) is 5.41. The number of unbranched alkanes of at least 4 members (excludes halogenated alkanes) is 2. The molecule has 16 heavy (non-hydrogen) atoms. The van der Waals surface area contributed by atoms with E-state index in [-0.39, 0.29) is 12.1 Å². The molecule has 1 aromatic rings. The molecule has 1 aromatic heterocycles. The van der Waals surface area contributed by atoms with E-state index >= 15 is 0 Å². The Kier molecular flexibility index (Phi) is 3.90. The normalized spacial score (nSPS) is 21.3. The highest BCUT2D eigenvalue weighted by Gasteiger charge is 2.31. The van der Waals surface area contributed by atoms with Gasteiger partial charge in [0, 0.05) is 11.9 Å². The van der Waals surface area contributed by atoms with Gasteiger partial charge in [0.25, 0.3) is 0 Å². The van der Waals surface area contributed by atoms with Gasteiger partial charge in [-0.1, -0.05) is 19.8 Å². The van der Waals surface area contributed by atoms with E-state index in [1.165, 1.54) is 12.8 Å². The van der Waals surface area contributed by atoms with Gasteiger partial charge < -0.3 is 5.32 Å². The van der Waals surface area contributed by atoms with Gasteiger partial charge in [-0.3, -0.25) is 9.69 Å². The van der Waals surface area contributed by atoms with Crippen molar-refractivity contribution < 1.29 is 4.79 Å². The van der Waals surface area contributed by atoms with Crippen LogP contribution in [0.5, 0.6) is 0 Å². The average Bonchev–Trinajstić information content (AvgIpc) is 2.87. The molecule has 0 unspecified atom stereocenters. The van der Waals surface area contributed by atoms with Crippen LogP contribution in [0.4, 0.5) is 0 Å². The fraction of sp³-hybridized carbons (Fsp3) is 0.636. The van der Waals surface area contributed by atoms with Crippen molar-refractivity contribution in [3.8, 4) is 0 Å². The number of nitrogens with zero attached hydrogens (tertiary/aromatic N) is 2. The zero-order chi connectivity index (χ0) is 11.4. The van der Waals surface area contributed by atoms with Crippen molar-refractivity contribution >= 4 is 17.2 Å². The molecule has 1 fully saturated rings. The van der Waals surface area contributed by atoms with Crippen LogP contribution in [0.2, 0.25) is 0 Å². The van der Waals surface area contributed by atoms with Crippen molar-refractivity contribution in [1.29, 1.82) is 0 Å². The molecule has 88 valence electrons. The van der Waals surface area contributed by atoms with Gasteiger partial charge in [-0.2, -0.15) is 0 Å². The lowest BCUT2D eigenvalue weighted by Crippen LogP contribution is -2.28. The first-order valence-corrected chi connectivity index (χ1v) is 6.67. The topological polar surface area (TPSA) is 45.2 Å². The van der Waals surface area contributed by atoms with Gasteiger partial charge in [0.2, 0.25) is 5.91 Å². The van der Waals surface area contributed by atoms with Gasteiger partial charge in [0.15, 0.2) is 0 Å². The van der Waals surface area contributed by atoms with Gasteiger partial charge in [-0.25, -0.2) is 4.98 Å². The number of nitrogens with one attached hydrogen (secondary N) is 1. The number of aromatic nitrogens is 1. The number of hydrogen-bond donors (Lipinski definition) is 1. The Morgan fingerprint density at radius 2 is 2.50 bits per heavy atom. The quantitative estimate of drug-likeness (QED) is 0.796. The molecule has 0 saturated carbocycles. The van der Waals surface area contributed by atoms with Gasteiger partial charge in [-0.15, -0.1) is 11.3 Å². The summed E-state index contributed by atoms with van der Waals surface area (Å²) in [5, 5.41) is 4.97. The van der Waals surface area contributed by atoms with Crippen molar-refractivity contribution in [2.45, 2.75) is 32.4 Å². The highest BCUT2D eigenvalue weighted by Crippen LogP contribution is 2.22. The number of thiazole rings is 1. The number of amides is 1. The van der Waals surface area contributed by atoms with Crippen LogP contribution in [0, 0.1) is 0 Å². The third-order valence-electron chi connectivity index (χ3n) is 2.79. The van der Waals surface area contributed by atoms with Crippen LogP contribution in [0.1, 0.15) is 38.0 Å². The van der Waals surface area contributed by atoms with Crippen LogP contribution in [-0.4, -0.2) is 28.9 Å². The maximum atomic E-state index is 11.4. The lowest BCUT2D eigenvalue weighted by Gasteiger charge is -2.21. The van der Waals surface area contributed by atoms with E-state index in [1.54, 1.807) is 11.3 Å². The lowest BCUT2D eigenvalue weighted by molar-refractivity contribution is -0.118. The maximum absolute atomic E-state index is 11.4. The molecule has 1 amide bonds. The van der Waals surface area contributed by atoms with Gasteiger partial charge in [0.1, 0.15) is 6.17 Å². The molecule has 0 spiro atoms. The van der Waals surface area contributed by atoms with Crippen LogP contribution < -0.4 is 5.32 Å². The molecule has 0 radical (unpaired) electrons. The number of rotatable bonds is 5. The molecular weight excluding hydrogens is 222 g/mol. The molecule has 4 nitrogen and oxygen atoms in total. The molecule has 0 aromatic carbocycles. The Morgan fingerprint density at radius 3 is 3.19 bits per heavy atom. The van der Waals surface area contributed by atoms with Crippen LogP contribution >= 0.6 is 11.3 Å². The van der Waals surface area contributed by atoms with E-state index in [0.29, 0.717) is 6.54 Å². The molecule has 1 N–H and O–H groups in total. The van der Waals surface area contributed by atoms with Gasteiger partial charge in [0.05, 0.1) is 17.7 Å². The third-order valence-corrected chi connectivity index (χ3v) is 3.39. The minimum absolute atomic E-state index is 0.00407. The highest BCUT2D eigenvalue weighted by atomic mass is 32.1. The Hall–Kier alpha value is -0.940. The lowest BCUT2D eigenvalue weighted by atomic mass is 10.2. The van der Waals surface area contributed by atoms with E-state index in [9.17, 15) is 4.79 Å². The monoisotopic (exact) mass is 239 g/mol. The summed E-state index contributed by atoms with van der Waals surface area (Å²) < 4.78 is 0. The largest absolute Gasteiger partial charge is 0.334 e. The second-order valence-electron chi connectivity index (χ2n) is 4.06. The van der Waals surface area contributed by atoms with Gasteiger partial charge in [-0.05, 0) is 6.42 Å². The van der Waals surface area contributed by atoms with Crippen molar-refractivity contribution in [2.75, 3.05) is 13.1 Å². The highest BCUT2D eigenvalue weighted by molar-refractivity contribution is 7.07. The Balaban J connectivity index is 1.96. The molecular formula is C11H17N3OS. The number of hydrogen-bond acceptors (Lipinski definition) is 4.